The molecule has 2 aromatic carbocycles. The van der Waals surface area contributed by atoms with Crippen molar-refractivity contribution in [2.45, 2.75) is 38.7 Å². The van der Waals surface area contributed by atoms with E-state index in [1.54, 1.807) is 6.21 Å². The minimum Gasteiger partial charge on any atom is -0.489 e. The average molecular weight is 336 g/mol. The molecular formula is C21H24N2O2. The molecule has 1 aliphatic carbocycles. The number of carbonyl (C=O) groups excluding carboxylic acids is 1. The Hall–Kier alpha value is -2.62. The van der Waals surface area contributed by atoms with Gasteiger partial charge in [0.1, 0.15) is 12.4 Å². The van der Waals surface area contributed by atoms with Crippen LogP contribution in [0.25, 0.3) is 0 Å². The first-order valence-electron chi connectivity index (χ1n) is 8.91. The topological polar surface area (TPSA) is 50.7 Å². The molecule has 130 valence electrons. The van der Waals surface area contributed by atoms with Crippen molar-refractivity contribution in [2.24, 2.45) is 11.0 Å². The number of ether oxygens (including phenoxy) is 1. The van der Waals surface area contributed by atoms with E-state index in [0.29, 0.717) is 6.61 Å². The molecule has 1 N–H and O–H groups in total. The van der Waals surface area contributed by atoms with E-state index in [4.69, 9.17) is 4.74 Å². The van der Waals surface area contributed by atoms with Crippen molar-refractivity contribution in [3.05, 3.63) is 65.7 Å². The van der Waals surface area contributed by atoms with E-state index in [-0.39, 0.29) is 11.8 Å². The number of amides is 1. The highest BCUT2D eigenvalue weighted by atomic mass is 16.5. The molecule has 4 nitrogen and oxygen atoms in total. The summed E-state index contributed by atoms with van der Waals surface area (Å²) in [5, 5.41) is 4.07. The summed E-state index contributed by atoms with van der Waals surface area (Å²) in [6, 6.07) is 17.7. The van der Waals surface area contributed by atoms with E-state index in [9.17, 15) is 4.79 Å². The van der Waals surface area contributed by atoms with E-state index in [0.717, 1.165) is 42.6 Å². The molecule has 0 unspecified atom stereocenters. The standard InChI is InChI=1S/C21H24N2O2/c24-21(19-9-5-2-6-10-19)23-22-15-17-11-13-20(14-12-17)25-16-18-7-3-1-4-8-18/h1,3-4,7-8,11-15,19H,2,5-6,9-10,16H2,(H,23,24). The third-order valence-corrected chi connectivity index (χ3v) is 4.49. The predicted molar refractivity (Wildman–Crippen MR) is 99.5 cm³/mol. The number of nitrogens with zero attached hydrogens (tertiary/aromatic N) is 1. The maximum absolute atomic E-state index is 12.0. The van der Waals surface area contributed by atoms with Crippen LogP contribution in [0.15, 0.2) is 59.7 Å². The quantitative estimate of drug-likeness (QED) is 0.632. The van der Waals surface area contributed by atoms with Gasteiger partial charge in [-0.25, -0.2) is 5.43 Å². The first kappa shape index (κ1) is 17.2. The zero-order valence-electron chi connectivity index (χ0n) is 14.4. The molecular weight excluding hydrogens is 312 g/mol. The molecule has 1 saturated carbocycles. The van der Waals surface area contributed by atoms with E-state index >= 15 is 0 Å². The second kappa shape index (κ2) is 9.02. The maximum Gasteiger partial charge on any atom is 0.243 e. The van der Waals surface area contributed by atoms with Gasteiger partial charge in [-0.2, -0.15) is 5.10 Å². The van der Waals surface area contributed by atoms with Crippen molar-refractivity contribution < 1.29 is 9.53 Å². The molecule has 0 atom stereocenters. The van der Waals surface area contributed by atoms with Crippen LogP contribution in [0.3, 0.4) is 0 Å². The van der Waals surface area contributed by atoms with Crippen molar-refractivity contribution in [1.82, 2.24) is 5.43 Å². The Morgan fingerprint density at radius 2 is 1.76 bits per heavy atom. The monoisotopic (exact) mass is 336 g/mol. The summed E-state index contributed by atoms with van der Waals surface area (Å²) in [5.74, 6) is 0.977. The van der Waals surface area contributed by atoms with Gasteiger partial charge in [0.15, 0.2) is 0 Å². The molecule has 25 heavy (non-hydrogen) atoms. The smallest absolute Gasteiger partial charge is 0.243 e. The summed E-state index contributed by atoms with van der Waals surface area (Å²) in [4.78, 5) is 12.0. The first-order valence-corrected chi connectivity index (χ1v) is 8.91. The Morgan fingerprint density at radius 1 is 1.04 bits per heavy atom. The highest BCUT2D eigenvalue weighted by Crippen LogP contribution is 2.23. The molecule has 0 radical (unpaired) electrons. The van der Waals surface area contributed by atoms with Gasteiger partial charge >= 0.3 is 0 Å². The Balaban J connectivity index is 1.46. The van der Waals surface area contributed by atoms with Gasteiger partial charge in [0.2, 0.25) is 5.91 Å². The van der Waals surface area contributed by atoms with Crippen LogP contribution in [0.5, 0.6) is 5.75 Å². The van der Waals surface area contributed by atoms with Crippen LogP contribution >= 0.6 is 0 Å². The molecule has 0 spiro atoms. The Kier molecular flexibility index (Phi) is 6.21. The molecule has 0 aliphatic heterocycles. The molecule has 1 aliphatic rings. The zero-order valence-corrected chi connectivity index (χ0v) is 14.4. The summed E-state index contributed by atoms with van der Waals surface area (Å²) in [5.41, 5.74) is 4.73. The van der Waals surface area contributed by atoms with Crippen LogP contribution < -0.4 is 10.2 Å². The number of rotatable bonds is 6. The van der Waals surface area contributed by atoms with Gasteiger partial charge in [-0.1, -0.05) is 49.6 Å². The number of carbonyl (C=O) groups is 1. The lowest BCUT2D eigenvalue weighted by atomic mass is 9.89. The van der Waals surface area contributed by atoms with Crippen molar-refractivity contribution in [2.75, 3.05) is 0 Å². The fraction of sp³-hybridized carbons (Fsp3) is 0.333. The molecule has 0 bridgehead atoms. The molecule has 1 amide bonds. The summed E-state index contributed by atoms with van der Waals surface area (Å²) >= 11 is 0. The summed E-state index contributed by atoms with van der Waals surface area (Å²) in [6.07, 6.45) is 7.16. The molecule has 4 heteroatoms. The van der Waals surface area contributed by atoms with Crippen LogP contribution in [0.1, 0.15) is 43.2 Å². The average Bonchev–Trinajstić information content (AvgIpc) is 2.69. The number of hydrogen-bond acceptors (Lipinski definition) is 3. The summed E-state index contributed by atoms with van der Waals surface area (Å²) in [6.45, 7) is 0.547. The van der Waals surface area contributed by atoms with E-state index in [2.05, 4.69) is 10.5 Å². The number of hydrogen-bond donors (Lipinski definition) is 1. The van der Waals surface area contributed by atoms with Crippen LogP contribution in [0, 0.1) is 5.92 Å². The lowest BCUT2D eigenvalue weighted by molar-refractivity contribution is -0.125. The van der Waals surface area contributed by atoms with Gasteiger partial charge in [0, 0.05) is 5.92 Å². The Bertz CT molecular complexity index is 690. The van der Waals surface area contributed by atoms with E-state index < -0.39 is 0 Å². The largest absolute Gasteiger partial charge is 0.489 e. The van der Waals surface area contributed by atoms with Crippen molar-refractivity contribution in [3.63, 3.8) is 0 Å². The highest BCUT2D eigenvalue weighted by molar-refractivity contribution is 5.83. The van der Waals surface area contributed by atoms with Gasteiger partial charge in [-0.15, -0.1) is 0 Å². The second-order valence-electron chi connectivity index (χ2n) is 6.41. The number of nitrogens with one attached hydrogen (secondary N) is 1. The second-order valence-corrected chi connectivity index (χ2v) is 6.41. The highest BCUT2D eigenvalue weighted by Gasteiger charge is 2.20. The lowest BCUT2D eigenvalue weighted by Crippen LogP contribution is -2.28. The zero-order chi connectivity index (χ0) is 17.3. The summed E-state index contributed by atoms with van der Waals surface area (Å²) in [7, 11) is 0. The molecule has 0 aromatic heterocycles. The predicted octanol–water partition coefficient (Wildman–Crippen LogP) is 4.30. The van der Waals surface area contributed by atoms with Gasteiger partial charge in [-0.05, 0) is 48.2 Å². The van der Waals surface area contributed by atoms with Crippen molar-refractivity contribution >= 4 is 12.1 Å². The fourth-order valence-electron chi connectivity index (χ4n) is 3.02. The SMILES string of the molecule is O=C(NN=Cc1ccc(OCc2ccccc2)cc1)C1CCCCC1. The Morgan fingerprint density at radius 3 is 2.48 bits per heavy atom. The van der Waals surface area contributed by atoms with Crippen LogP contribution in [-0.4, -0.2) is 12.1 Å². The number of benzene rings is 2. The van der Waals surface area contributed by atoms with Gasteiger partial charge < -0.3 is 4.74 Å². The first-order chi connectivity index (χ1) is 12.3. The number of hydrazone groups is 1. The van der Waals surface area contributed by atoms with E-state index in [1.807, 2.05) is 54.6 Å². The van der Waals surface area contributed by atoms with Gasteiger partial charge in [0.05, 0.1) is 6.21 Å². The minimum absolute atomic E-state index is 0.0405. The van der Waals surface area contributed by atoms with Crippen molar-refractivity contribution in [1.29, 1.82) is 0 Å². The van der Waals surface area contributed by atoms with Crippen molar-refractivity contribution in [3.8, 4) is 5.75 Å². The van der Waals surface area contributed by atoms with Gasteiger partial charge in [-0.3, -0.25) is 4.79 Å². The van der Waals surface area contributed by atoms with Crippen LogP contribution in [-0.2, 0) is 11.4 Å². The van der Waals surface area contributed by atoms with Crippen LogP contribution in [0.2, 0.25) is 0 Å². The lowest BCUT2D eigenvalue weighted by Gasteiger charge is -2.19. The molecule has 3 rings (SSSR count). The third kappa shape index (κ3) is 5.45. The van der Waals surface area contributed by atoms with Crippen LogP contribution in [0.4, 0.5) is 0 Å². The fourth-order valence-corrected chi connectivity index (χ4v) is 3.02. The molecule has 2 aromatic rings. The van der Waals surface area contributed by atoms with Gasteiger partial charge in [0.25, 0.3) is 0 Å². The molecule has 0 saturated heterocycles. The maximum atomic E-state index is 12.0. The Labute approximate surface area is 148 Å². The third-order valence-electron chi connectivity index (χ3n) is 4.49. The normalized spacial score (nSPS) is 15.2. The van der Waals surface area contributed by atoms with E-state index in [1.165, 1.54) is 6.42 Å². The molecule has 0 heterocycles. The summed E-state index contributed by atoms with van der Waals surface area (Å²) < 4.78 is 5.75. The molecule has 1 fully saturated rings. The minimum atomic E-state index is 0.0405.